The maximum absolute atomic E-state index is 9.55. The zero-order valence-electron chi connectivity index (χ0n) is 3.83. The molecule has 0 N–H and O–H groups in total. The van der Waals surface area contributed by atoms with E-state index in [0.717, 1.165) is 6.29 Å². The third-order valence-electron chi connectivity index (χ3n) is 0.332. The summed E-state index contributed by atoms with van der Waals surface area (Å²) >= 11 is 1.38. The molecule has 0 aromatic heterocycles. The molecule has 7 heavy (non-hydrogen) atoms. The van der Waals surface area contributed by atoms with Gasteiger partial charge in [-0.1, -0.05) is 6.58 Å². The first-order chi connectivity index (χ1) is 3.41. The molecule has 0 amide bonds. The number of hydrogen-bond donors (Lipinski definition) is 0. The highest BCUT2D eigenvalue weighted by atomic mass is 32.2. The lowest BCUT2D eigenvalue weighted by Gasteiger charge is -1.70. The Bertz CT molecular complexity index is 86.1. The van der Waals surface area contributed by atoms with Gasteiger partial charge in [-0.15, -0.1) is 11.8 Å². The van der Waals surface area contributed by atoms with Crippen molar-refractivity contribution in [2.75, 3.05) is 0 Å². The summed E-state index contributed by atoms with van der Waals surface area (Å²) < 4.78 is 0. The zero-order chi connectivity index (χ0) is 5.54. The highest BCUT2D eigenvalue weighted by Gasteiger charge is 1.62. The van der Waals surface area contributed by atoms with Crippen molar-refractivity contribution in [3.8, 4) is 0 Å². The number of hydrogen-bond acceptors (Lipinski definition) is 2. The fraction of sp³-hybridized carbons (Fsp3) is 0. The Kier molecular flexibility index (Phi) is 5.11. The summed E-state index contributed by atoms with van der Waals surface area (Å²) in [5, 5.41) is 3.32. The topological polar surface area (TPSA) is 17.1 Å². The summed E-state index contributed by atoms with van der Waals surface area (Å²) in [6, 6.07) is 0. The van der Waals surface area contributed by atoms with Crippen LogP contribution in [0.3, 0.4) is 0 Å². The van der Waals surface area contributed by atoms with Crippen LogP contribution in [0.15, 0.2) is 23.5 Å². The molecule has 0 saturated carbocycles. The van der Waals surface area contributed by atoms with Crippen molar-refractivity contribution in [1.82, 2.24) is 0 Å². The molecule has 0 heterocycles. The molecule has 0 fully saturated rings. The molecular weight excluding hydrogens is 108 g/mol. The van der Waals surface area contributed by atoms with Gasteiger partial charge in [-0.2, -0.15) is 0 Å². The molecule has 0 aromatic carbocycles. The molecule has 0 aromatic rings. The second kappa shape index (κ2) is 5.50. The number of carbonyl (C=O) groups excluding carboxylic acids is 1. The number of allylic oxidation sites excluding steroid dienone is 1. The first-order valence-corrected chi connectivity index (χ1v) is 2.72. The fourth-order valence-corrected chi connectivity index (χ4v) is 0.399. The minimum atomic E-state index is 0.733. The van der Waals surface area contributed by atoms with Crippen molar-refractivity contribution in [2.24, 2.45) is 0 Å². The van der Waals surface area contributed by atoms with Gasteiger partial charge in [0.15, 0.2) is 0 Å². The minimum absolute atomic E-state index is 0.733. The van der Waals surface area contributed by atoms with Crippen LogP contribution in [0.1, 0.15) is 0 Å². The standard InChI is InChI=1S/C5H6OS/c1-2-7-5-3-4-6/h2-5H,1H2/b5-3-. The maximum atomic E-state index is 9.55. The Morgan fingerprint density at radius 3 is 2.71 bits per heavy atom. The lowest BCUT2D eigenvalue weighted by molar-refractivity contribution is -0.104. The van der Waals surface area contributed by atoms with Gasteiger partial charge in [-0.05, 0) is 16.9 Å². The average Bonchev–Trinajstić information content (AvgIpc) is 1.69. The molecule has 0 aliphatic carbocycles. The van der Waals surface area contributed by atoms with Crippen LogP contribution in [0.2, 0.25) is 0 Å². The van der Waals surface area contributed by atoms with E-state index in [9.17, 15) is 4.79 Å². The van der Waals surface area contributed by atoms with E-state index in [1.807, 2.05) is 0 Å². The molecule has 38 valence electrons. The van der Waals surface area contributed by atoms with Gasteiger partial charge < -0.3 is 0 Å². The molecule has 0 unspecified atom stereocenters. The van der Waals surface area contributed by atoms with Gasteiger partial charge in [-0.25, -0.2) is 0 Å². The van der Waals surface area contributed by atoms with E-state index in [4.69, 9.17) is 0 Å². The van der Waals surface area contributed by atoms with Gasteiger partial charge in [0, 0.05) is 0 Å². The Balaban J connectivity index is 3.08. The van der Waals surface area contributed by atoms with Gasteiger partial charge in [0.05, 0.1) is 0 Å². The molecule has 0 saturated heterocycles. The average molecular weight is 114 g/mol. The number of thioether (sulfide) groups is 1. The normalized spacial score (nSPS) is 9.14. The SMILES string of the molecule is C=CS/C=C\C=O. The van der Waals surface area contributed by atoms with E-state index in [2.05, 4.69) is 6.58 Å². The minimum Gasteiger partial charge on any atom is -0.299 e. The molecule has 0 atom stereocenters. The molecular formula is C5H6OS. The van der Waals surface area contributed by atoms with Crippen LogP contribution in [0.4, 0.5) is 0 Å². The van der Waals surface area contributed by atoms with Crippen LogP contribution in [0, 0.1) is 0 Å². The van der Waals surface area contributed by atoms with E-state index in [1.165, 1.54) is 17.8 Å². The number of carbonyl (C=O) groups is 1. The maximum Gasteiger partial charge on any atom is 0.143 e. The lowest BCUT2D eigenvalue weighted by Crippen LogP contribution is -1.51. The highest BCUT2D eigenvalue weighted by Crippen LogP contribution is 1.98. The van der Waals surface area contributed by atoms with Gasteiger partial charge in [-0.3, -0.25) is 4.79 Å². The Morgan fingerprint density at radius 1 is 1.57 bits per heavy atom. The summed E-state index contributed by atoms with van der Waals surface area (Å²) in [6.45, 7) is 3.43. The van der Waals surface area contributed by atoms with E-state index in [-0.39, 0.29) is 0 Å². The monoisotopic (exact) mass is 114 g/mol. The second-order valence-electron chi connectivity index (χ2n) is 0.767. The van der Waals surface area contributed by atoms with E-state index in [0.29, 0.717) is 0 Å². The summed E-state index contributed by atoms with van der Waals surface area (Å²) in [4.78, 5) is 9.55. The fourth-order valence-electron chi connectivity index (χ4n) is 0.133. The Hall–Kier alpha value is -0.500. The largest absolute Gasteiger partial charge is 0.299 e. The summed E-state index contributed by atoms with van der Waals surface area (Å²) in [7, 11) is 0. The predicted octanol–water partition coefficient (Wildman–Crippen LogP) is 1.58. The van der Waals surface area contributed by atoms with Gasteiger partial charge >= 0.3 is 0 Å². The van der Waals surface area contributed by atoms with Gasteiger partial charge in [0.25, 0.3) is 0 Å². The van der Waals surface area contributed by atoms with E-state index < -0.39 is 0 Å². The van der Waals surface area contributed by atoms with Crippen LogP contribution in [0.5, 0.6) is 0 Å². The summed E-state index contributed by atoms with van der Waals surface area (Å²) in [6.07, 6.45) is 2.16. The molecule has 2 heteroatoms. The number of rotatable bonds is 3. The van der Waals surface area contributed by atoms with Crippen molar-refractivity contribution in [3.05, 3.63) is 23.5 Å². The molecule has 0 spiro atoms. The zero-order valence-corrected chi connectivity index (χ0v) is 4.65. The first kappa shape index (κ1) is 6.50. The third kappa shape index (κ3) is 5.50. The Labute approximate surface area is 47.1 Å². The van der Waals surface area contributed by atoms with Crippen LogP contribution >= 0.6 is 11.8 Å². The molecule has 1 nitrogen and oxygen atoms in total. The molecule has 0 rings (SSSR count). The smallest absolute Gasteiger partial charge is 0.143 e. The molecule has 0 radical (unpaired) electrons. The van der Waals surface area contributed by atoms with Crippen LogP contribution in [-0.2, 0) is 4.79 Å². The predicted molar refractivity (Wildman–Crippen MR) is 33.0 cm³/mol. The van der Waals surface area contributed by atoms with Crippen molar-refractivity contribution >= 4 is 18.0 Å². The molecule has 0 aliphatic heterocycles. The molecule has 0 aliphatic rings. The highest BCUT2D eigenvalue weighted by molar-refractivity contribution is 8.04. The second-order valence-corrected chi connectivity index (χ2v) is 1.65. The van der Waals surface area contributed by atoms with Crippen molar-refractivity contribution < 1.29 is 4.79 Å². The first-order valence-electron chi connectivity index (χ1n) is 1.78. The lowest BCUT2D eigenvalue weighted by atomic mass is 10.7. The van der Waals surface area contributed by atoms with Crippen molar-refractivity contribution in [3.63, 3.8) is 0 Å². The summed E-state index contributed by atoms with van der Waals surface area (Å²) in [5.41, 5.74) is 0. The van der Waals surface area contributed by atoms with Crippen molar-refractivity contribution in [2.45, 2.75) is 0 Å². The van der Waals surface area contributed by atoms with E-state index in [1.54, 1.807) is 10.8 Å². The van der Waals surface area contributed by atoms with Crippen LogP contribution in [0.25, 0.3) is 0 Å². The quantitative estimate of drug-likeness (QED) is 0.409. The Morgan fingerprint density at radius 2 is 2.29 bits per heavy atom. The van der Waals surface area contributed by atoms with Crippen LogP contribution in [-0.4, -0.2) is 6.29 Å². The van der Waals surface area contributed by atoms with Gasteiger partial charge in [0.1, 0.15) is 6.29 Å². The summed E-state index contributed by atoms with van der Waals surface area (Å²) in [5.74, 6) is 0. The van der Waals surface area contributed by atoms with Gasteiger partial charge in [0.2, 0.25) is 0 Å². The van der Waals surface area contributed by atoms with Crippen LogP contribution < -0.4 is 0 Å². The third-order valence-corrected chi connectivity index (χ3v) is 0.839. The number of aldehydes is 1. The van der Waals surface area contributed by atoms with E-state index >= 15 is 0 Å². The van der Waals surface area contributed by atoms with Crippen molar-refractivity contribution in [1.29, 1.82) is 0 Å². The molecule has 0 bridgehead atoms.